The normalized spacial score (nSPS) is 21.9. The summed E-state index contributed by atoms with van der Waals surface area (Å²) in [6, 6.07) is -0.801. The molecule has 8 heteroatoms. The van der Waals surface area contributed by atoms with E-state index in [0.717, 1.165) is 6.08 Å². The van der Waals surface area contributed by atoms with E-state index < -0.39 is 23.7 Å². The van der Waals surface area contributed by atoms with Crippen LogP contribution in [0.15, 0.2) is 22.0 Å². The van der Waals surface area contributed by atoms with Gasteiger partial charge in [0.1, 0.15) is 17.6 Å². The first-order chi connectivity index (χ1) is 10.0. The van der Waals surface area contributed by atoms with Gasteiger partial charge in [-0.3, -0.25) is 19.7 Å². The molecule has 0 spiro atoms. The third kappa shape index (κ3) is 2.64. The molecule has 7 nitrogen and oxygen atoms in total. The quantitative estimate of drug-likeness (QED) is 0.683. The summed E-state index contributed by atoms with van der Waals surface area (Å²) in [6.07, 6.45) is 2.91. The van der Waals surface area contributed by atoms with Crippen LogP contribution in [0.1, 0.15) is 24.3 Å². The molecule has 1 aliphatic heterocycles. The molecule has 1 aliphatic carbocycles. The highest BCUT2D eigenvalue weighted by Crippen LogP contribution is 2.23. The zero-order chi connectivity index (χ0) is 15.0. The lowest BCUT2D eigenvalue weighted by molar-refractivity contribution is -0.136. The second-order valence-electron chi connectivity index (χ2n) is 4.89. The number of rotatable bonds is 2. The number of imide groups is 1. The van der Waals surface area contributed by atoms with Crippen molar-refractivity contribution in [1.82, 2.24) is 15.8 Å². The monoisotopic (exact) mass is 293 g/mol. The van der Waals surface area contributed by atoms with Gasteiger partial charge < -0.3 is 9.84 Å². The lowest BCUT2D eigenvalue weighted by atomic mass is 10.1. The molecule has 0 saturated carbocycles. The first-order valence-corrected chi connectivity index (χ1v) is 6.41. The van der Waals surface area contributed by atoms with Crippen molar-refractivity contribution in [3.63, 3.8) is 0 Å². The van der Waals surface area contributed by atoms with Crippen molar-refractivity contribution >= 4 is 23.8 Å². The van der Waals surface area contributed by atoms with Crippen molar-refractivity contribution in [2.45, 2.75) is 25.3 Å². The van der Waals surface area contributed by atoms with Crippen LogP contribution in [0.2, 0.25) is 0 Å². The Balaban J connectivity index is 1.74. The fraction of sp³-hybridized carbons (Fsp3) is 0.308. The van der Waals surface area contributed by atoms with Crippen LogP contribution in [0.5, 0.6) is 0 Å². The van der Waals surface area contributed by atoms with Gasteiger partial charge in [0.05, 0.1) is 0 Å². The predicted octanol–water partition coefficient (Wildman–Crippen LogP) is 0.322. The van der Waals surface area contributed by atoms with E-state index in [2.05, 4.69) is 15.8 Å². The smallest absolute Gasteiger partial charge is 0.252 e. The zero-order valence-corrected chi connectivity index (χ0v) is 10.9. The Hall–Kier alpha value is -2.64. The molecular formula is C13H12FN3O4. The molecule has 1 aromatic rings. The van der Waals surface area contributed by atoms with E-state index in [1.807, 2.05) is 0 Å². The van der Waals surface area contributed by atoms with E-state index in [1.165, 1.54) is 6.08 Å². The van der Waals surface area contributed by atoms with Crippen LogP contribution in [-0.4, -0.2) is 28.9 Å². The molecule has 0 aromatic carbocycles. The molecule has 3 N–H and O–H groups in total. The van der Waals surface area contributed by atoms with Crippen molar-refractivity contribution < 1.29 is 23.3 Å². The molecule has 1 aromatic heterocycles. The number of nitrogens with one attached hydrogen (secondary N) is 3. The first-order valence-electron chi connectivity index (χ1n) is 6.41. The van der Waals surface area contributed by atoms with Crippen molar-refractivity contribution in [3.05, 3.63) is 28.9 Å². The highest BCUT2D eigenvalue weighted by Gasteiger charge is 2.29. The van der Waals surface area contributed by atoms with Crippen molar-refractivity contribution in [3.8, 4) is 0 Å². The Morgan fingerprint density at radius 1 is 1.38 bits per heavy atom. The maximum atomic E-state index is 13.6. The molecule has 0 bridgehead atoms. The topological polar surface area (TPSA) is 104 Å². The fourth-order valence-corrected chi connectivity index (χ4v) is 2.20. The fourth-order valence-electron chi connectivity index (χ4n) is 2.20. The minimum absolute atomic E-state index is 0.0288. The largest absolute Gasteiger partial charge is 0.380 e. The highest BCUT2D eigenvalue weighted by atomic mass is 19.1. The number of halogens is 1. The van der Waals surface area contributed by atoms with Crippen molar-refractivity contribution in [2.75, 3.05) is 0 Å². The molecule has 3 rings (SSSR count). The van der Waals surface area contributed by atoms with Gasteiger partial charge >= 0.3 is 0 Å². The molecule has 21 heavy (non-hydrogen) atoms. The first kappa shape index (κ1) is 13.3. The zero-order valence-electron chi connectivity index (χ0n) is 10.9. The molecule has 1 fully saturated rings. The van der Waals surface area contributed by atoms with Crippen LogP contribution in [-0.2, 0) is 20.8 Å². The van der Waals surface area contributed by atoms with Gasteiger partial charge in [0.2, 0.25) is 11.8 Å². The van der Waals surface area contributed by atoms with E-state index in [9.17, 15) is 18.8 Å². The predicted molar refractivity (Wildman–Crippen MR) is 68.2 cm³/mol. The Kier molecular flexibility index (Phi) is 3.20. The highest BCUT2D eigenvalue weighted by molar-refractivity contribution is 6.06. The summed E-state index contributed by atoms with van der Waals surface area (Å²) in [4.78, 5) is 34.7. The number of hydrogen-bond donors (Lipinski definition) is 3. The Morgan fingerprint density at radius 3 is 2.86 bits per heavy atom. The van der Waals surface area contributed by atoms with Crippen LogP contribution < -0.4 is 10.6 Å². The Labute approximate surface area is 118 Å². The lowest BCUT2D eigenvalue weighted by Gasteiger charge is -2.21. The van der Waals surface area contributed by atoms with Gasteiger partial charge in [-0.25, -0.2) is 9.55 Å². The van der Waals surface area contributed by atoms with Crippen LogP contribution >= 0.6 is 0 Å². The molecule has 2 heterocycles. The van der Waals surface area contributed by atoms with E-state index in [0.29, 0.717) is 11.5 Å². The summed E-state index contributed by atoms with van der Waals surface area (Å²) in [7, 11) is 0. The van der Waals surface area contributed by atoms with Crippen LogP contribution in [0.25, 0.3) is 6.08 Å². The summed E-state index contributed by atoms with van der Waals surface area (Å²) >= 11 is 0. The van der Waals surface area contributed by atoms with Gasteiger partial charge in [-0.2, -0.15) is 0 Å². The number of carbonyl (C=O) groups excluding carboxylic acids is 3. The van der Waals surface area contributed by atoms with Crippen LogP contribution in [0.3, 0.4) is 0 Å². The summed E-state index contributed by atoms with van der Waals surface area (Å²) in [5.74, 6) is -1.61. The summed E-state index contributed by atoms with van der Waals surface area (Å²) in [5.41, 5.74) is 0.622. The van der Waals surface area contributed by atoms with E-state index in [4.69, 9.17) is 4.52 Å². The minimum atomic E-state index is -0.801. The van der Waals surface area contributed by atoms with Gasteiger partial charge in [0.15, 0.2) is 5.76 Å². The lowest BCUT2D eigenvalue weighted by Crippen LogP contribution is -2.52. The second-order valence-corrected chi connectivity index (χ2v) is 4.89. The number of aromatic nitrogens is 1. The molecular weight excluding hydrogens is 281 g/mol. The van der Waals surface area contributed by atoms with Gasteiger partial charge in [-0.05, 0) is 18.6 Å². The molecule has 0 radical (unpaired) electrons. The Bertz CT molecular complexity index is 682. The SMILES string of the molecule is O=C1CCC(NC(=O)C2=Cc3o[nH]c3CC(F)=C2)C(=O)N1. The van der Waals surface area contributed by atoms with Crippen LogP contribution in [0, 0.1) is 0 Å². The summed E-state index contributed by atoms with van der Waals surface area (Å²) < 4.78 is 18.5. The summed E-state index contributed by atoms with van der Waals surface area (Å²) in [6.45, 7) is 0. The number of aromatic amines is 1. The second kappa shape index (κ2) is 5.04. The minimum Gasteiger partial charge on any atom is -0.380 e. The molecule has 2 aliphatic rings. The van der Waals surface area contributed by atoms with Crippen molar-refractivity contribution in [1.29, 1.82) is 0 Å². The average molecular weight is 293 g/mol. The molecule has 3 amide bonds. The van der Waals surface area contributed by atoms with Crippen LogP contribution in [0.4, 0.5) is 4.39 Å². The Morgan fingerprint density at radius 2 is 2.19 bits per heavy atom. The number of hydrogen-bond acceptors (Lipinski definition) is 4. The maximum absolute atomic E-state index is 13.6. The number of fused-ring (bicyclic) bond motifs is 1. The van der Waals surface area contributed by atoms with Gasteiger partial charge in [-0.1, -0.05) is 0 Å². The standard InChI is InChI=1S/C13H12FN3O4/c14-7-3-6(4-10-9(5-7)17-21-10)12(19)15-8-1-2-11(18)16-13(8)20/h3-4,8,17H,1-2,5H2,(H,15,19)(H,16,18,20). The number of piperidine rings is 1. The maximum Gasteiger partial charge on any atom is 0.252 e. The number of carbonyl (C=O) groups is 3. The van der Waals surface area contributed by atoms with E-state index in [-0.39, 0.29) is 30.7 Å². The summed E-state index contributed by atoms with van der Waals surface area (Å²) in [5, 5.41) is 7.12. The number of H-pyrrole nitrogens is 1. The van der Waals surface area contributed by atoms with Gasteiger partial charge in [0.25, 0.3) is 5.91 Å². The van der Waals surface area contributed by atoms with E-state index in [1.54, 1.807) is 0 Å². The molecule has 110 valence electrons. The third-order valence-electron chi connectivity index (χ3n) is 3.33. The third-order valence-corrected chi connectivity index (χ3v) is 3.33. The number of allylic oxidation sites excluding steroid dienone is 1. The molecule has 1 unspecified atom stereocenters. The van der Waals surface area contributed by atoms with Gasteiger partial charge in [0, 0.05) is 18.4 Å². The number of amides is 3. The molecule has 1 atom stereocenters. The van der Waals surface area contributed by atoms with Crippen molar-refractivity contribution in [2.24, 2.45) is 0 Å². The van der Waals surface area contributed by atoms with Gasteiger partial charge in [-0.15, -0.1) is 0 Å². The average Bonchev–Trinajstić information content (AvgIpc) is 2.52. The van der Waals surface area contributed by atoms with E-state index >= 15 is 0 Å². The molecule has 1 saturated heterocycles.